The van der Waals surface area contributed by atoms with Crippen LogP contribution in [-0.2, 0) is 4.79 Å². The number of rotatable bonds is 4. The Bertz CT molecular complexity index is 1090. The number of hydrogen-bond acceptors (Lipinski definition) is 5. The van der Waals surface area contributed by atoms with Crippen molar-refractivity contribution in [2.45, 2.75) is 39.8 Å². The van der Waals surface area contributed by atoms with Gasteiger partial charge < -0.3 is 15.1 Å². The highest BCUT2D eigenvalue weighted by molar-refractivity contribution is 6.05. The van der Waals surface area contributed by atoms with Crippen LogP contribution < -0.4 is 15.1 Å². The standard InChI is InChI=1S/C24H27N5O/c1-15(2)29-17(4)23(30)28(5)21-11-10-18(14-22(21)29)26-24-25-13-12-20(27-24)19-9-7-6-8-16(19)3/h6-15,17H,1-5H3,(H,25,26,27)/t17-/m1/s1. The van der Waals surface area contributed by atoms with E-state index in [0.29, 0.717) is 5.95 Å². The normalized spacial score (nSPS) is 16.1. The van der Waals surface area contributed by atoms with Crippen molar-refractivity contribution in [2.75, 3.05) is 22.2 Å². The summed E-state index contributed by atoms with van der Waals surface area (Å²) in [4.78, 5) is 25.6. The van der Waals surface area contributed by atoms with Gasteiger partial charge in [0, 0.05) is 30.5 Å². The first kappa shape index (κ1) is 19.9. The summed E-state index contributed by atoms with van der Waals surface area (Å²) in [6, 6.07) is 16.1. The first-order chi connectivity index (χ1) is 14.4. The van der Waals surface area contributed by atoms with Crippen molar-refractivity contribution in [2.24, 2.45) is 0 Å². The number of fused-ring (bicyclic) bond motifs is 1. The maximum atomic E-state index is 12.6. The number of aromatic nitrogens is 2. The SMILES string of the molecule is Cc1ccccc1-c1ccnc(Nc2ccc3c(c2)N(C(C)C)[C@H](C)C(=O)N3C)n1. The summed E-state index contributed by atoms with van der Waals surface area (Å²) in [7, 11) is 1.83. The molecule has 3 aromatic rings. The van der Waals surface area contributed by atoms with E-state index in [1.807, 2.05) is 44.3 Å². The van der Waals surface area contributed by atoms with Crippen molar-refractivity contribution < 1.29 is 4.79 Å². The summed E-state index contributed by atoms with van der Waals surface area (Å²) in [5.74, 6) is 0.645. The molecule has 1 atom stereocenters. The van der Waals surface area contributed by atoms with E-state index in [9.17, 15) is 4.79 Å². The Hall–Kier alpha value is -3.41. The van der Waals surface area contributed by atoms with Gasteiger partial charge in [0.05, 0.1) is 17.1 Å². The van der Waals surface area contributed by atoms with Gasteiger partial charge in [-0.05, 0) is 57.5 Å². The van der Waals surface area contributed by atoms with Crippen molar-refractivity contribution in [3.05, 3.63) is 60.3 Å². The third kappa shape index (κ3) is 3.49. The number of nitrogens with zero attached hydrogens (tertiary/aromatic N) is 4. The predicted molar refractivity (Wildman–Crippen MR) is 122 cm³/mol. The second-order valence-electron chi connectivity index (χ2n) is 7.98. The van der Waals surface area contributed by atoms with E-state index < -0.39 is 0 Å². The first-order valence-corrected chi connectivity index (χ1v) is 10.2. The van der Waals surface area contributed by atoms with Crippen LogP contribution >= 0.6 is 0 Å². The van der Waals surface area contributed by atoms with Crippen LogP contribution in [0.2, 0.25) is 0 Å². The topological polar surface area (TPSA) is 61.4 Å². The lowest BCUT2D eigenvalue weighted by Gasteiger charge is -2.42. The van der Waals surface area contributed by atoms with Gasteiger partial charge in [0.1, 0.15) is 6.04 Å². The van der Waals surface area contributed by atoms with Crippen molar-refractivity contribution in [3.63, 3.8) is 0 Å². The average Bonchev–Trinajstić information content (AvgIpc) is 2.72. The Morgan fingerprint density at radius 3 is 2.57 bits per heavy atom. The molecule has 0 saturated carbocycles. The fourth-order valence-corrected chi connectivity index (χ4v) is 4.10. The molecular formula is C24H27N5O. The maximum absolute atomic E-state index is 12.6. The van der Waals surface area contributed by atoms with Crippen LogP contribution in [-0.4, -0.2) is 35.0 Å². The minimum atomic E-state index is -0.210. The zero-order valence-electron chi connectivity index (χ0n) is 18.0. The molecule has 1 amide bonds. The Kier molecular flexibility index (Phi) is 5.16. The quantitative estimate of drug-likeness (QED) is 0.682. The van der Waals surface area contributed by atoms with E-state index in [1.54, 1.807) is 11.1 Å². The molecule has 1 aromatic heterocycles. The summed E-state index contributed by atoms with van der Waals surface area (Å²) in [6.07, 6.45) is 1.77. The molecule has 1 aliphatic heterocycles. The molecule has 1 N–H and O–H groups in total. The van der Waals surface area contributed by atoms with Crippen LogP contribution in [0.15, 0.2) is 54.7 Å². The molecule has 0 saturated heterocycles. The summed E-state index contributed by atoms with van der Waals surface area (Å²) < 4.78 is 0. The van der Waals surface area contributed by atoms with Gasteiger partial charge >= 0.3 is 0 Å². The summed E-state index contributed by atoms with van der Waals surface area (Å²) >= 11 is 0. The van der Waals surface area contributed by atoms with Gasteiger partial charge in [0.15, 0.2) is 0 Å². The Labute approximate surface area is 177 Å². The van der Waals surface area contributed by atoms with E-state index in [4.69, 9.17) is 4.98 Å². The Morgan fingerprint density at radius 1 is 1.07 bits per heavy atom. The molecule has 30 heavy (non-hydrogen) atoms. The van der Waals surface area contributed by atoms with Crippen molar-refractivity contribution in [3.8, 4) is 11.3 Å². The van der Waals surface area contributed by atoms with Crippen molar-refractivity contribution in [1.82, 2.24) is 9.97 Å². The van der Waals surface area contributed by atoms with Gasteiger partial charge in [0.25, 0.3) is 0 Å². The van der Waals surface area contributed by atoms with Crippen LogP contribution in [0.1, 0.15) is 26.3 Å². The number of nitrogens with one attached hydrogen (secondary N) is 1. The molecule has 0 bridgehead atoms. The molecule has 0 spiro atoms. The highest BCUT2D eigenvalue weighted by Gasteiger charge is 2.34. The number of benzene rings is 2. The van der Waals surface area contributed by atoms with Gasteiger partial charge in [-0.3, -0.25) is 4.79 Å². The van der Waals surface area contributed by atoms with E-state index >= 15 is 0 Å². The fraction of sp³-hybridized carbons (Fsp3) is 0.292. The molecule has 0 unspecified atom stereocenters. The second kappa shape index (κ2) is 7.78. The number of amides is 1. The monoisotopic (exact) mass is 401 g/mol. The molecule has 0 fully saturated rings. The highest BCUT2D eigenvalue weighted by atomic mass is 16.2. The molecule has 154 valence electrons. The Balaban J connectivity index is 1.68. The minimum Gasteiger partial charge on any atom is -0.356 e. The zero-order valence-corrected chi connectivity index (χ0v) is 18.0. The van der Waals surface area contributed by atoms with Crippen LogP contribution in [0.5, 0.6) is 0 Å². The predicted octanol–water partition coefficient (Wildman–Crippen LogP) is 4.78. The lowest BCUT2D eigenvalue weighted by Crippen LogP contribution is -2.53. The zero-order chi connectivity index (χ0) is 21.4. The van der Waals surface area contributed by atoms with Crippen LogP contribution in [0.3, 0.4) is 0 Å². The molecule has 1 aliphatic rings. The Morgan fingerprint density at radius 2 is 1.83 bits per heavy atom. The fourth-order valence-electron chi connectivity index (χ4n) is 4.10. The summed E-state index contributed by atoms with van der Waals surface area (Å²) in [5, 5.41) is 3.33. The first-order valence-electron chi connectivity index (χ1n) is 10.2. The third-order valence-corrected chi connectivity index (χ3v) is 5.61. The number of likely N-dealkylation sites (N-methyl/N-ethyl adjacent to an activating group) is 1. The number of hydrogen-bond donors (Lipinski definition) is 1. The summed E-state index contributed by atoms with van der Waals surface area (Å²) in [6.45, 7) is 8.24. The van der Waals surface area contributed by atoms with Gasteiger partial charge in [0.2, 0.25) is 11.9 Å². The van der Waals surface area contributed by atoms with Crippen molar-refractivity contribution in [1.29, 1.82) is 0 Å². The average molecular weight is 402 g/mol. The summed E-state index contributed by atoms with van der Waals surface area (Å²) in [5.41, 5.74) is 5.97. The maximum Gasteiger partial charge on any atom is 0.249 e. The molecule has 0 aliphatic carbocycles. The van der Waals surface area contributed by atoms with Crippen LogP contribution in [0, 0.1) is 6.92 Å². The number of carbonyl (C=O) groups excluding carboxylic acids is 1. The molecule has 2 heterocycles. The number of carbonyl (C=O) groups is 1. The lowest BCUT2D eigenvalue weighted by atomic mass is 10.0. The van der Waals surface area contributed by atoms with Gasteiger partial charge in [-0.25, -0.2) is 9.97 Å². The van der Waals surface area contributed by atoms with Crippen LogP contribution in [0.4, 0.5) is 23.0 Å². The van der Waals surface area contributed by atoms with Gasteiger partial charge in [-0.2, -0.15) is 0 Å². The molecule has 2 aromatic carbocycles. The second-order valence-corrected chi connectivity index (χ2v) is 7.98. The van der Waals surface area contributed by atoms with E-state index in [0.717, 1.165) is 28.3 Å². The molecule has 0 radical (unpaired) electrons. The molecule has 6 heteroatoms. The smallest absolute Gasteiger partial charge is 0.249 e. The van der Waals surface area contributed by atoms with Gasteiger partial charge in [-0.15, -0.1) is 0 Å². The number of aryl methyl sites for hydroxylation is 1. The third-order valence-electron chi connectivity index (χ3n) is 5.61. The van der Waals surface area contributed by atoms with Crippen molar-refractivity contribution >= 4 is 28.9 Å². The largest absolute Gasteiger partial charge is 0.356 e. The number of anilines is 4. The minimum absolute atomic E-state index is 0.103. The molecular weight excluding hydrogens is 374 g/mol. The molecule has 4 rings (SSSR count). The van der Waals surface area contributed by atoms with Gasteiger partial charge in [-0.1, -0.05) is 24.3 Å². The van der Waals surface area contributed by atoms with E-state index in [1.165, 1.54) is 5.56 Å². The lowest BCUT2D eigenvalue weighted by molar-refractivity contribution is -0.119. The molecule has 6 nitrogen and oxygen atoms in total. The highest BCUT2D eigenvalue weighted by Crippen LogP contribution is 2.39. The van der Waals surface area contributed by atoms with Crippen LogP contribution in [0.25, 0.3) is 11.3 Å². The van der Waals surface area contributed by atoms with E-state index in [2.05, 4.69) is 54.2 Å². The van der Waals surface area contributed by atoms with E-state index in [-0.39, 0.29) is 18.0 Å².